The first-order chi connectivity index (χ1) is 9.16. The number of carbonyl (C=O) groups excluding carboxylic acids is 1. The minimum absolute atomic E-state index is 0.0490. The van der Waals surface area contributed by atoms with E-state index in [9.17, 15) is 9.59 Å². The van der Waals surface area contributed by atoms with Gasteiger partial charge in [-0.1, -0.05) is 6.42 Å². The van der Waals surface area contributed by atoms with E-state index in [1.165, 1.54) is 6.42 Å². The summed E-state index contributed by atoms with van der Waals surface area (Å²) < 4.78 is 0. The monoisotopic (exact) mass is 269 g/mol. The molecule has 108 valence electrons. The fourth-order valence-corrected chi connectivity index (χ4v) is 2.89. The van der Waals surface area contributed by atoms with Crippen molar-refractivity contribution < 1.29 is 14.7 Å². The second kappa shape index (κ2) is 6.75. The summed E-state index contributed by atoms with van der Waals surface area (Å²) >= 11 is 0. The number of carboxylic acids is 1. The number of urea groups is 1. The average Bonchev–Trinajstić information content (AvgIpc) is 2.39. The van der Waals surface area contributed by atoms with E-state index in [1.807, 2.05) is 5.01 Å². The van der Waals surface area contributed by atoms with Crippen LogP contribution in [0.5, 0.6) is 0 Å². The quantitative estimate of drug-likeness (QED) is 0.813. The Bertz CT molecular complexity index is 329. The molecule has 0 aromatic heterocycles. The first kappa shape index (κ1) is 14.1. The number of likely N-dealkylation sites (tertiary alicyclic amines) is 1. The summed E-state index contributed by atoms with van der Waals surface area (Å²) in [6.07, 6.45) is 6.25. The van der Waals surface area contributed by atoms with E-state index in [1.54, 1.807) is 4.90 Å². The van der Waals surface area contributed by atoms with E-state index in [-0.39, 0.29) is 18.5 Å². The minimum Gasteiger partial charge on any atom is -0.481 e. The largest absolute Gasteiger partial charge is 0.481 e. The number of rotatable bonds is 3. The van der Waals surface area contributed by atoms with Crippen molar-refractivity contribution in [1.82, 2.24) is 15.3 Å². The summed E-state index contributed by atoms with van der Waals surface area (Å²) in [6.45, 7) is 2.45. The van der Waals surface area contributed by atoms with Crippen LogP contribution in [-0.4, -0.2) is 52.7 Å². The summed E-state index contributed by atoms with van der Waals surface area (Å²) in [6, 6.07) is -0.288. The van der Waals surface area contributed by atoms with Gasteiger partial charge in [0.25, 0.3) is 0 Å². The number of carboxylic acid groups (broad SMARTS) is 1. The molecule has 2 rings (SSSR count). The molecule has 1 atom stereocenters. The number of hydrazine groups is 1. The smallest absolute Gasteiger partial charge is 0.332 e. The molecule has 1 unspecified atom stereocenters. The van der Waals surface area contributed by atoms with E-state index in [4.69, 9.17) is 5.11 Å². The third-order valence-corrected chi connectivity index (χ3v) is 3.91. The molecule has 0 radical (unpaired) electrons. The maximum atomic E-state index is 12.2. The Morgan fingerprint density at radius 2 is 1.74 bits per heavy atom. The van der Waals surface area contributed by atoms with Gasteiger partial charge in [0.15, 0.2) is 0 Å². The number of carbonyl (C=O) groups is 2. The summed E-state index contributed by atoms with van der Waals surface area (Å²) in [5.74, 6) is -0.831. The van der Waals surface area contributed by atoms with Crippen LogP contribution in [0, 0.1) is 0 Å². The first-order valence-electron chi connectivity index (χ1n) is 7.21. The molecule has 0 saturated carbocycles. The Morgan fingerprint density at radius 3 is 2.42 bits per heavy atom. The van der Waals surface area contributed by atoms with Crippen molar-refractivity contribution in [3.63, 3.8) is 0 Å². The predicted molar refractivity (Wildman–Crippen MR) is 70.6 cm³/mol. The third-order valence-electron chi connectivity index (χ3n) is 3.91. The number of aliphatic carboxylic acids is 1. The van der Waals surface area contributed by atoms with Crippen LogP contribution in [0.25, 0.3) is 0 Å². The molecular weight excluding hydrogens is 246 g/mol. The second-order valence-corrected chi connectivity index (χ2v) is 5.41. The Morgan fingerprint density at radius 1 is 1.05 bits per heavy atom. The predicted octanol–water partition coefficient (Wildman–Crippen LogP) is 1.43. The highest BCUT2D eigenvalue weighted by molar-refractivity contribution is 5.75. The second-order valence-electron chi connectivity index (χ2n) is 5.41. The van der Waals surface area contributed by atoms with Gasteiger partial charge < -0.3 is 10.0 Å². The van der Waals surface area contributed by atoms with Crippen LogP contribution in [0.2, 0.25) is 0 Å². The van der Waals surface area contributed by atoms with E-state index in [2.05, 4.69) is 5.43 Å². The molecule has 0 spiro atoms. The number of amides is 2. The Hall–Kier alpha value is -1.30. The fraction of sp³-hybridized carbons (Fsp3) is 0.846. The van der Waals surface area contributed by atoms with Gasteiger partial charge in [0.1, 0.15) is 0 Å². The number of hydrogen-bond donors (Lipinski definition) is 2. The van der Waals surface area contributed by atoms with Gasteiger partial charge in [0, 0.05) is 25.7 Å². The van der Waals surface area contributed by atoms with Crippen LogP contribution in [0.4, 0.5) is 4.79 Å². The van der Waals surface area contributed by atoms with Gasteiger partial charge in [-0.25, -0.2) is 9.80 Å². The molecule has 19 heavy (non-hydrogen) atoms. The lowest BCUT2D eigenvalue weighted by Gasteiger charge is -2.37. The normalized spacial score (nSPS) is 25.1. The van der Waals surface area contributed by atoms with Crippen molar-refractivity contribution in [2.24, 2.45) is 0 Å². The topological polar surface area (TPSA) is 72.9 Å². The lowest BCUT2D eigenvalue weighted by Crippen LogP contribution is -2.55. The molecule has 6 heteroatoms. The number of nitrogens with zero attached hydrogens (tertiary/aromatic N) is 2. The zero-order chi connectivity index (χ0) is 13.7. The molecule has 0 aliphatic carbocycles. The molecule has 2 heterocycles. The average molecular weight is 269 g/mol. The van der Waals surface area contributed by atoms with E-state index >= 15 is 0 Å². The molecule has 2 aliphatic heterocycles. The fourth-order valence-electron chi connectivity index (χ4n) is 2.89. The van der Waals surface area contributed by atoms with Gasteiger partial charge in [-0.3, -0.25) is 10.2 Å². The SMILES string of the molecule is O=C(O)CC1CCCCN1C(=O)NN1CCCCC1. The van der Waals surface area contributed by atoms with Gasteiger partial charge >= 0.3 is 12.0 Å². The number of piperidine rings is 2. The van der Waals surface area contributed by atoms with E-state index in [0.717, 1.165) is 45.2 Å². The molecule has 2 amide bonds. The van der Waals surface area contributed by atoms with E-state index < -0.39 is 5.97 Å². The molecule has 2 N–H and O–H groups in total. The van der Waals surface area contributed by atoms with Gasteiger partial charge in [-0.15, -0.1) is 0 Å². The van der Waals surface area contributed by atoms with Crippen molar-refractivity contribution in [3.05, 3.63) is 0 Å². The Balaban J connectivity index is 1.88. The number of nitrogens with one attached hydrogen (secondary N) is 1. The molecule has 0 aromatic carbocycles. The highest BCUT2D eigenvalue weighted by Gasteiger charge is 2.29. The molecular formula is C13H23N3O3. The lowest BCUT2D eigenvalue weighted by molar-refractivity contribution is -0.138. The van der Waals surface area contributed by atoms with Crippen LogP contribution < -0.4 is 5.43 Å². The maximum absolute atomic E-state index is 12.2. The van der Waals surface area contributed by atoms with Crippen LogP contribution in [0.15, 0.2) is 0 Å². The van der Waals surface area contributed by atoms with Gasteiger partial charge in [-0.05, 0) is 32.1 Å². The summed E-state index contributed by atoms with van der Waals surface area (Å²) in [5, 5.41) is 10.9. The van der Waals surface area contributed by atoms with Crippen molar-refractivity contribution >= 4 is 12.0 Å². The van der Waals surface area contributed by atoms with Crippen LogP contribution in [-0.2, 0) is 4.79 Å². The summed E-state index contributed by atoms with van der Waals surface area (Å²) in [4.78, 5) is 24.8. The summed E-state index contributed by atoms with van der Waals surface area (Å²) in [5.41, 5.74) is 2.92. The zero-order valence-corrected chi connectivity index (χ0v) is 11.3. The molecule has 2 aliphatic rings. The van der Waals surface area contributed by atoms with Crippen molar-refractivity contribution in [2.45, 2.75) is 51.0 Å². The summed E-state index contributed by atoms with van der Waals surface area (Å²) in [7, 11) is 0. The lowest BCUT2D eigenvalue weighted by atomic mass is 10.00. The van der Waals surface area contributed by atoms with Gasteiger partial charge in [-0.2, -0.15) is 0 Å². The van der Waals surface area contributed by atoms with Crippen molar-refractivity contribution in [3.8, 4) is 0 Å². The van der Waals surface area contributed by atoms with Crippen molar-refractivity contribution in [2.75, 3.05) is 19.6 Å². The Kier molecular flexibility index (Phi) is 5.01. The Labute approximate surface area is 113 Å². The molecule has 2 saturated heterocycles. The number of hydrogen-bond acceptors (Lipinski definition) is 3. The highest BCUT2D eigenvalue weighted by Crippen LogP contribution is 2.20. The molecule has 0 aromatic rings. The van der Waals surface area contributed by atoms with E-state index in [0.29, 0.717) is 6.54 Å². The van der Waals surface area contributed by atoms with Crippen LogP contribution in [0.1, 0.15) is 44.9 Å². The molecule has 6 nitrogen and oxygen atoms in total. The third kappa shape index (κ3) is 4.09. The van der Waals surface area contributed by atoms with Crippen LogP contribution >= 0.6 is 0 Å². The first-order valence-corrected chi connectivity index (χ1v) is 7.21. The van der Waals surface area contributed by atoms with Gasteiger partial charge in [0.2, 0.25) is 0 Å². The standard InChI is InChI=1S/C13H23N3O3/c17-12(18)10-11-6-2-5-9-16(11)13(19)14-15-7-3-1-4-8-15/h11H,1-10H2,(H,14,19)(H,17,18). The highest BCUT2D eigenvalue weighted by atomic mass is 16.4. The molecule has 2 fully saturated rings. The molecule has 0 bridgehead atoms. The minimum atomic E-state index is -0.831. The van der Waals surface area contributed by atoms with Gasteiger partial charge in [0.05, 0.1) is 6.42 Å². The zero-order valence-electron chi connectivity index (χ0n) is 11.3. The maximum Gasteiger partial charge on any atom is 0.332 e. The van der Waals surface area contributed by atoms with Crippen molar-refractivity contribution in [1.29, 1.82) is 0 Å². The van der Waals surface area contributed by atoms with Crippen LogP contribution in [0.3, 0.4) is 0 Å².